The van der Waals surface area contributed by atoms with Gasteiger partial charge in [0.15, 0.2) is 0 Å². The van der Waals surface area contributed by atoms with E-state index in [1.807, 2.05) is 16.9 Å². The van der Waals surface area contributed by atoms with Crippen molar-refractivity contribution in [3.63, 3.8) is 0 Å². The van der Waals surface area contributed by atoms with Crippen LogP contribution in [0.4, 0.5) is 5.82 Å². The largest absolute Gasteiger partial charge is 0.397 e. The first-order chi connectivity index (χ1) is 14.8. The van der Waals surface area contributed by atoms with E-state index in [1.165, 1.54) is 6.08 Å². The van der Waals surface area contributed by atoms with Gasteiger partial charge in [-0.15, -0.1) is 0 Å². The zero-order valence-corrected chi connectivity index (χ0v) is 18.5. The van der Waals surface area contributed by atoms with Crippen molar-refractivity contribution in [1.82, 2.24) is 19.7 Å². The molecule has 1 fully saturated rings. The lowest BCUT2D eigenvalue weighted by atomic mass is 10.0. The van der Waals surface area contributed by atoms with Crippen molar-refractivity contribution in [3.8, 4) is 11.1 Å². The zero-order valence-electron chi connectivity index (χ0n) is 18.5. The normalized spacial score (nSPS) is 17.9. The first-order valence-electron chi connectivity index (χ1n) is 10.5. The number of hydrogen-bond acceptors (Lipinski definition) is 7. The zero-order chi connectivity index (χ0) is 22.2. The van der Waals surface area contributed by atoms with Gasteiger partial charge in [0.25, 0.3) is 0 Å². The van der Waals surface area contributed by atoms with Crippen LogP contribution in [0.25, 0.3) is 27.7 Å². The molecular formula is C23H29N7O. The predicted molar refractivity (Wildman–Crippen MR) is 124 cm³/mol. The van der Waals surface area contributed by atoms with E-state index in [2.05, 4.69) is 54.9 Å². The first-order valence-corrected chi connectivity index (χ1v) is 10.5. The molecule has 0 aliphatic carbocycles. The Hall–Kier alpha value is -3.26. The summed E-state index contributed by atoms with van der Waals surface area (Å²) < 4.78 is 7.59. The highest BCUT2D eigenvalue weighted by Crippen LogP contribution is 2.34. The van der Waals surface area contributed by atoms with Crippen molar-refractivity contribution in [3.05, 3.63) is 42.5 Å². The van der Waals surface area contributed by atoms with Gasteiger partial charge in [-0.25, -0.2) is 4.98 Å². The van der Waals surface area contributed by atoms with E-state index in [0.717, 1.165) is 35.1 Å². The number of nitrogens with zero attached hydrogens (tertiary/aromatic N) is 5. The molecule has 0 bridgehead atoms. The van der Waals surface area contributed by atoms with Crippen LogP contribution < -0.4 is 10.6 Å². The van der Waals surface area contributed by atoms with Gasteiger partial charge >= 0.3 is 0 Å². The maximum Gasteiger partial charge on any atom is 0.130 e. The molecule has 0 radical (unpaired) electrons. The Morgan fingerprint density at radius 3 is 2.84 bits per heavy atom. The monoisotopic (exact) mass is 419 g/mol. The number of anilines is 1. The summed E-state index contributed by atoms with van der Waals surface area (Å²) in [6.07, 6.45) is 8.39. The highest BCUT2D eigenvalue weighted by molar-refractivity contribution is 6.01. The Balaban J connectivity index is 1.97. The van der Waals surface area contributed by atoms with Crippen LogP contribution in [0.3, 0.4) is 0 Å². The second-order valence-corrected chi connectivity index (χ2v) is 8.83. The lowest BCUT2D eigenvalue weighted by Crippen LogP contribution is -2.44. The number of ether oxygens (including phenoxy) is 1. The van der Waals surface area contributed by atoms with Crippen LogP contribution in [-0.2, 0) is 10.3 Å². The van der Waals surface area contributed by atoms with E-state index in [9.17, 15) is 0 Å². The minimum absolute atomic E-state index is 0.119. The molecule has 8 nitrogen and oxygen atoms in total. The third-order valence-electron chi connectivity index (χ3n) is 5.49. The lowest BCUT2D eigenvalue weighted by Gasteiger charge is -2.34. The van der Waals surface area contributed by atoms with Crippen molar-refractivity contribution < 1.29 is 4.74 Å². The number of allylic oxidation sites excluding steroid dienone is 1. The molecule has 1 aliphatic heterocycles. The number of morpholine rings is 1. The Morgan fingerprint density at radius 2 is 2.16 bits per heavy atom. The van der Waals surface area contributed by atoms with Crippen molar-refractivity contribution >= 4 is 28.6 Å². The van der Waals surface area contributed by atoms with Gasteiger partial charge in [-0.3, -0.25) is 9.67 Å². The molecule has 1 aliphatic rings. The van der Waals surface area contributed by atoms with Gasteiger partial charge in [-0.2, -0.15) is 5.10 Å². The smallest absolute Gasteiger partial charge is 0.130 e. The summed E-state index contributed by atoms with van der Waals surface area (Å²) in [6, 6.07) is 4.28. The molecule has 1 saturated heterocycles. The number of nitrogens with two attached hydrogens (primary N) is 1. The van der Waals surface area contributed by atoms with E-state index in [1.54, 1.807) is 6.20 Å². The molecule has 3 N–H and O–H groups in total. The summed E-state index contributed by atoms with van der Waals surface area (Å²) in [5, 5.41) is 12.9. The molecule has 1 unspecified atom stereocenters. The fourth-order valence-electron chi connectivity index (χ4n) is 3.80. The van der Waals surface area contributed by atoms with E-state index >= 15 is 0 Å². The van der Waals surface area contributed by atoms with Gasteiger partial charge in [-0.05, 0) is 51.5 Å². The Bertz CT molecular complexity index is 1140. The summed E-state index contributed by atoms with van der Waals surface area (Å²) >= 11 is 0. The average Bonchev–Trinajstić information content (AvgIpc) is 3.24. The van der Waals surface area contributed by atoms with E-state index in [-0.39, 0.29) is 11.6 Å². The fourth-order valence-corrected chi connectivity index (χ4v) is 3.80. The van der Waals surface area contributed by atoms with E-state index < -0.39 is 0 Å². The van der Waals surface area contributed by atoms with Crippen LogP contribution in [0.1, 0.15) is 33.4 Å². The third kappa shape index (κ3) is 4.03. The number of pyridine rings is 2. The summed E-state index contributed by atoms with van der Waals surface area (Å²) in [5.41, 5.74) is 9.86. The van der Waals surface area contributed by atoms with Crippen LogP contribution >= 0.6 is 0 Å². The molecule has 3 aromatic rings. The van der Waals surface area contributed by atoms with Gasteiger partial charge in [-0.1, -0.05) is 0 Å². The number of aromatic nitrogens is 4. The second kappa shape index (κ2) is 8.11. The maximum absolute atomic E-state index is 7.39. The van der Waals surface area contributed by atoms with Gasteiger partial charge in [0, 0.05) is 36.1 Å². The Labute approximate surface area is 182 Å². The SMILES string of the molecule is CC1COCCN1c1cc(-c2cnn(C(C)(C)C)c2)c2ccnc(/C(N)=C/C=N)c2n1. The standard InChI is InChI=1S/C23H29N7O/c1-15-14-31-10-9-29(15)20-11-18(16-12-27-30(13-16)23(2,3)4)17-6-8-26-22(21(17)28-20)19(25)5-7-24/h5-8,11-13,15,24H,9-10,14,25H2,1-4H3/b19-5-,24-7?. The Morgan fingerprint density at radius 1 is 1.35 bits per heavy atom. The van der Waals surface area contributed by atoms with Crippen LogP contribution in [0.2, 0.25) is 0 Å². The number of nitrogens with one attached hydrogen (secondary N) is 1. The minimum atomic E-state index is -0.119. The van der Waals surface area contributed by atoms with Gasteiger partial charge in [0.1, 0.15) is 17.0 Å². The van der Waals surface area contributed by atoms with Crippen LogP contribution in [0.15, 0.2) is 36.8 Å². The first kappa shape index (κ1) is 21.0. The van der Waals surface area contributed by atoms with E-state index in [4.69, 9.17) is 20.9 Å². The molecule has 0 saturated carbocycles. The van der Waals surface area contributed by atoms with Gasteiger partial charge in [0.05, 0.1) is 36.7 Å². The quantitative estimate of drug-likeness (QED) is 0.628. The summed E-state index contributed by atoms with van der Waals surface area (Å²) in [6.45, 7) is 10.6. The van der Waals surface area contributed by atoms with E-state index in [0.29, 0.717) is 30.1 Å². The molecule has 0 aromatic carbocycles. The molecule has 31 heavy (non-hydrogen) atoms. The molecule has 162 valence electrons. The Kier molecular flexibility index (Phi) is 5.49. The van der Waals surface area contributed by atoms with Crippen LogP contribution in [0, 0.1) is 5.41 Å². The summed E-state index contributed by atoms with van der Waals surface area (Å²) in [5.74, 6) is 0.860. The molecule has 3 aromatic heterocycles. The fraction of sp³-hybridized carbons (Fsp3) is 0.391. The average molecular weight is 420 g/mol. The van der Waals surface area contributed by atoms with Crippen molar-refractivity contribution in [2.24, 2.45) is 5.73 Å². The lowest BCUT2D eigenvalue weighted by molar-refractivity contribution is 0.0986. The minimum Gasteiger partial charge on any atom is -0.397 e. The molecular weight excluding hydrogens is 390 g/mol. The molecule has 8 heteroatoms. The second-order valence-electron chi connectivity index (χ2n) is 8.83. The summed E-state index contributed by atoms with van der Waals surface area (Å²) in [4.78, 5) is 11.7. The molecule has 4 heterocycles. The van der Waals surface area contributed by atoms with Gasteiger partial charge < -0.3 is 20.8 Å². The molecule has 0 spiro atoms. The summed E-state index contributed by atoms with van der Waals surface area (Å²) in [7, 11) is 0. The van der Waals surface area contributed by atoms with Crippen molar-refractivity contribution in [2.75, 3.05) is 24.7 Å². The number of rotatable bonds is 4. The molecule has 0 amide bonds. The predicted octanol–water partition coefficient (Wildman–Crippen LogP) is 3.42. The topological polar surface area (TPSA) is 106 Å². The highest BCUT2D eigenvalue weighted by atomic mass is 16.5. The number of fused-ring (bicyclic) bond motifs is 1. The maximum atomic E-state index is 7.39. The highest BCUT2D eigenvalue weighted by Gasteiger charge is 2.24. The van der Waals surface area contributed by atoms with Gasteiger partial charge in [0.2, 0.25) is 0 Å². The van der Waals surface area contributed by atoms with Crippen molar-refractivity contribution in [1.29, 1.82) is 5.41 Å². The van der Waals surface area contributed by atoms with Crippen LogP contribution in [-0.4, -0.2) is 51.8 Å². The van der Waals surface area contributed by atoms with Crippen LogP contribution in [0.5, 0.6) is 0 Å². The molecule has 4 rings (SSSR count). The van der Waals surface area contributed by atoms with Crippen molar-refractivity contribution in [2.45, 2.75) is 39.3 Å². The molecule has 1 atom stereocenters. The third-order valence-corrected chi connectivity index (χ3v) is 5.49. The number of hydrogen-bond donors (Lipinski definition) is 2.